The molecule has 0 radical (unpaired) electrons. The molecular weight excluding hydrogens is 813 g/mol. The molecule has 0 bridgehead atoms. The van der Waals surface area contributed by atoms with Crippen LogP contribution in [-0.2, 0) is 33.6 Å². The summed E-state index contributed by atoms with van der Waals surface area (Å²) in [4.78, 5) is 17.8. The Labute approximate surface area is 371 Å². The molecule has 15 heteroatoms. The fraction of sp³-hybridized carbons (Fsp3) is 0.458. The monoisotopic (exact) mass is 874 g/mol. The lowest BCUT2D eigenvalue weighted by Crippen LogP contribution is -2.36. The number of hydrogen-bond donors (Lipinski definition) is 1. The average Bonchev–Trinajstić information content (AvgIpc) is 4.13. The van der Waals surface area contributed by atoms with Crippen LogP contribution in [0.3, 0.4) is 0 Å². The van der Waals surface area contributed by atoms with Crippen molar-refractivity contribution in [1.29, 1.82) is 0 Å². The molecule has 2 aliphatic carbocycles. The topological polar surface area (TPSA) is 141 Å². The van der Waals surface area contributed by atoms with Gasteiger partial charge in [-0.25, -0.2) is 22.4 Å². The summed E-state index contributed by atoms with van der Waals surface area (Å²) in [6, 6.07) is 14.2. The Morgan fingerprint density at radius 3 is 1.73 bits per heavy atom. The number of nitrogens with zero attached hydrogens (tertiary/aromatic N) is 9. The predicted molar refractivity (Wildman–Crippen MR) is 248 cm³/mol. The normalized spacial score (nSPS) is 19.6. The van der Waals surface area contributed by atoms with Crippen LogP contribution in [0.25, 0.3) is 44.3 Å². The smallest absolute Gasteiger partial charge is 0.269 e. The summed E-state index contributed by atoms with van der Waals surface area (Å²) >= 11 is 0. The summed E-state index contributed by atoms with van der Waals surface area (Å²) in [5, 5.41) is 10.6. The van der Waals surface area contributed by atoms with Crippen molar-refractivity contribution in [3.63, 3.8) is 0 Å². The highest BCUT2D eigenvalue weighted by Gasteiger charge is 2.29. The maximum absolute atomic E-state index is 13.5. The summed E-state index contributed by atoms with van der Waals surface area (Å²) in [6.45, 7) is 3.51. The molecule has 2 saturated carbocycles. The minimum absolute atomic E-state index is 0.237. The van der Waals surface area contributed by atoms with Crippen molar-refractivity contribution in [2.75, 3.05) is 54.6 Å². The van der Waals surface area contributed by atoms with Gasteiger partial charge in [-0.05, 0) is 113 Å². The van der Waals surface area contributed by atoms with Gasteiger partial charge in [-0.2, -0.15) is 10.2 Å². The number of hydrogen-bond acceptors (Lipinski definition) is 10. The van der Waals surface area contributed by atoms with Crippen molar-refractivity contribution in [3.8, 4) is 22.3 Å². The third-order valence-corrected chi connectivity index (χ3v) is 15.1. The molecule has 14 nitrogen and oxygen atoms in total. The maximum Gasteiger partial charge on any atom is 0.269 e. The standard InChI is InChI=1S/C27H33N5O3S.C21H29N5O/c1-30(13-14-35-3)23-11-9-20(10-12-23)21-15-25-26(22-17-29-31(2)18-22)19-32(27(25)28-16-21)36(33,34)24-7-5-4-6-8-24;1-25(8-9-27-3)18-6-4-15(5-7-18)16-10-19-20(13-23-21(19)22-11-16)17-12-24-26(2)14-17/h4-8,15-20,23H,9-14H2,1-3H3;10-15,18H,4-9H2,1-3H3,(H,22,23). The van der Waals surface area contributed by atoms with Crippen LogP contribution in [0.4, 0.5) is 0 Å². The molecule has 1 N–H and O–H groups in total. The van der Waals surface area contributed by atoms with Crippen LogP contribution >= 0.6 is 0 Å². The van der Waals surface area contributed by atoms with Crippen LogP contribution in [0.1, 0.15) is 74.3 Å². The van der Waals surface area contributed by atoms with Crippen LogP contribution in [-0.4, -0.2) is 123 Å². The van der Waals surface area contributed by atoms with Gasteiger partial charge < -0.3 is 24.3 Å². The zero-order chi connectivity index (χ0) is 44.1. The van der Waals surface area contributed by atoms with E-state index in [1.54, 1.807) is 55.6 Å². The van der Waals surface area contributed by atoms with Crippen molar-refractivity contribution in [2.24, 2.45) is 14.1 Å². The number of rotatable bonds is 14. The van der Waals surface area contributed by atoms with E-state index in [4.69, 9.17) is 19.4 Å². The summed E-state index contributed by atoms with van der Waals surface area (Å²) in [6.07, 6.45) is 24.6. The van der Waals surface area contributed by atoms with Gasteiger partial charge >= 0.3 is 0 Å². The molecule has 2 aliphatic rings. The molecule has 6 heterocycles. The fourth-order valence-electron chi connectivity index (χ4n) is 9.58. The number of likely N-dealkylation sites (N-methyl/N-ethyl adjacent to an activating group) is 2. The van der Waals surface area contributed by atoms with Crippen molar-refractivity contribution < 1.29 is 17.9 Å². The lowest BCUT2D eigenvalue weighted by atomic mass is 9.81. The third-order valence-electron chi connectivity index (χ3n) is 13.4. The summed E-state index contributed by atoms with van der Waals surface area (Å²) in [5.41, 5.74) is 7.92. The van der Waals surface area contributed by atoms with E-state index in [1.165, 1.54) is 51.7 Å². The number of fused-ring (bicyclic) bond motifs is 2. The number of pyridine rings is 2. The molecule has 334 valence electrons. The van der Waals surface area contributed by atoms with Gasteiger partial charge in [-0.15, -0.1) is 0 Å². The minimum atomic E-state index is -3.80. The largest absolute Gasteiger partial charge is 0.383 e. The van der Waals surface area contributed by atoms with Gasteiger partial charge in [-0.3, -0.25) is 9.36 Å². The summed E-state index contributed by atoms with van der Waals surface area (Å²) in [5.74, 6) is 1.01. The first-order valence-electron chi connectivity index (χ1n) is 22.2. The quantitative estimate of drug-likeness (QED) is 0.115. The summed E-state index contributed by atoms with van der Waals surface area (Å²) < 4.78 is 42.4. The Kier molecular flexibility index (Phi) is 13.9. The minimum Gasteiger partial charge on any atom is -0.383 e. The number of nitrogens with one attached hydrogen (secondary N) is 1. The highest BCUT2D eigenvalue weighted by atomic mass is 32.2. The van der Waals surface area contributed by atoms with Crippen LogP contribution in [0, 0.1) is 0 Å². The Balaban J connectivity index is 0.000000180. The van der Waals surface area contributed by atoms with Gasteiger partial charge in [0.1, 0.15) is 5.65 Å². The number of methoxy groups -OCH3 is 2. The highest BCUT2D eigenvalue weighted by molar-refractivity contribution is 7.90. The first-order valence-corrected chi connectivity index (χ1v) is 23.6. The van der Waals surface area contributed by atoms with E-state index in [1.807, 2.05) is 49.6 Å². The Bertz CT molecular complexity index is 2690. The second-order valence-electron chi connectivity index (χ2n) is 17.4. The van der Waals surface area contributed by atoms with E-state index in [0.717, 1.165) is 79.7 Å². The zero-order valence-electron chi connectivity index (χ0n) is 37.5. The molecule has 2 fully saturated rings. The Morgan fingerprint density at radius 1 is 0.683 bits per heavy atom. The highest BCUT2D eigenvalue weighted by Crippen LogP contribution is 2.39. The van der Waals surface area contributed by atoms with Gasteiger partial charge in [-0.1, -0.05) is 18.2 Å². The number of aromatic nitrogens is 8. The van der Waals surface area contributed by atoms with Gasteiger partial charge in [0.05, 0.1) is 30.5 Å². The first-order chi connectivity index (χ1) is 30.5. The van der Waals surface area contributed by atoms with Crippen LogP contribution in [0.2, 0.25) is 0 Å². The van der Waals surface area contributed by atoms with Crippen molar-refractivity contribution in [1.82, 2.24) is 48.3 Å². The zero-order valence-corrected chi connectivity index (χ0v) is 38.3. The lowest BCUT2D eigenvalue weighted by molar-refractivity contribution is 0.120. The molecule has 0 saturated heterocycles. The number of benzene rings is 1. The molecular formula is C48H62N10O4S. The fourth-order valence-corrected chi connectivity index (χ4v) is 10.9. The van der Waals surface area contributed by atoms with Crippen molar-refractivity contribution in [2.45, 2.75) is 80.2 Å². The molecule has 0 amide bonds. The molecule has 6 aromatic heterocycles. The number of aryl methyl sites for hydroxylation is 2. The third kappa shape index (κ3) is 9.82. The van der Waals surface area contributed by atoms with Crippen LogP contribution < -0.4 is 0 Å². The van der Waals surface area contributed by atoms with E-state index in [0.29, 0.717) is 29.6 Å². The lowest BCUT2D eigenvalue weighted by Gasteiger charge is -2.34. The van der Waals surface area contributed by atoms with E-state index in [-0.39, 0.29) is 4.90 Å². The predicted octanol–water partition coefficient (Wildman–Crippen LogP) is 7.85. The Hall–Kier alpha value is -5.19. The summed E-state index contributed by atoms with van der Waals surface area (Å²) in [7, 11) is 7.92. The van der Waals surface area contributed by atoms with E-state index in [2.05, 4.69) is 63.6 Å². The number of ether oxygens (including phenoxy) is 2. The molecule has 1 aromatic carbocycles. The Morgan fingerprint density at radius 2 is 1.21 bits per heavy atom. The first kappa shape index (κ1) is 44.4. The van der Waals surface area contributed by atoms with E-state index in [9.17, 15) is 8.42 Å². The van der Waals surface area contributed by atoms with E-state index < -0.39 is 10.0 Å². The maximum atomic E-state index is 13.5. The van der Waals surface area contributed by atoms with Gasteiger partial charge in [0.2, 0.25) is 0 Å². The molecule has 9 rings (SSSR count). The SMILES string of the molecule is COCCN(C)C1CCC(c2cnc3[nH]cc(-c4cnn(C)c4)c3c2)CC1.COCCN(C)C1CCC(c2cnc3c(c2)c(-c2cnn(C)c2)cn3S(=O)(=O)c2ccccc2)CC1. The second kappa shape index (κ2) is 19.7. The van der Waals surface area contributed by atoms with Crippen molar-refractivity contribution >= 4 is 32.1 Å². The van der Waals surface area contributed by atoms with Crippen LogP contribution in [0.5, 0.6) is 0 Å². The van der Waals surface area contributed by atoms with Gasteiger partial charge in [0, 0.05) is 124 Å². The second-order valence-corrected chi connectivity index (χ2v) is 19.2. The molecule has 0 atom stereocenters. The molecule has 0 spiro atoms. The number of H-pyrrole nitrogens is 1. The number of aromatic amines is 1. The molecule has 63 heavy (non-hydrogen) atoms. The van der Waals surface area contributed by atoms with Gasteiger partial charge in [0.15, 0.2) is 5.65 Å². The molecule has 7 aromatic rings. The van der Waals surface area contributed by atoms with Gasteiger partial charge in [0.25, 0.3) is 10.0 Å². The average molecular weight is 875 g/mol. The van der Waals surface area contributed by atoms with E-state index >= 15 is 0 Å². The molecule has 0 unspecified atom stereocenters. The van der Waals surface area contributed by atoms with Crippen molar-refractivity contribution in [3.05, 3.63) is 103 Å². The molecule has 0 aliphatic heterocycles. The van der Waals surface area contributed by atoms with Crippen LogP contribution in [0.15, 0.2) is 96.9 Å².